The van der Waals surface area contributed by atoms with Gasteiger partial charge in [-0.05, 0) is 130 Å². The van der Waals surface area contributed by atoms with Crippen molar-refractivity contribution >= 4 is 66.4 Å². The first kappa shape index (κ1) is 33.8. The highest BCUT2D eigenvalue weighted by Gasteiger charge is 2.29. The molecule has 0 N–H and O–H groups in total. The molecule has 0 saturated heterocycles. The van der Waals surface area contributed by atoms with E-state index in [2.05, 4.69) is 180 Å². The van der Waals surface area contributed by atoms with E-state index in [0.717, 1.165) is 101 Å². The van der Waals surface area contributed by atoms with Crippen molar-refractivity contribution in [1.29, 1.82) is 5.26 Å². The monoisotopic (exact) mass is 767 g/mol. The third-order valence-electron chi connectivity index (χ3n) is 11.8. The summed E-state index contributed by atoms with van der Waals surface area (Å²) in [6, 6.07) is 71.7. The maximum atomic E-state index is 9.66. The number of hydrogen-bond acceptors (Lipinski definition) is 5. The van der Waals surface area contributed by atoms with Crippen LogP contribution in [0.3, 0.4) is 0 Å². The van der Waals surface area contributed by atoms with Crippen molar-refractivity contribution in [3.05, 3.63) is 206 Å². The molecule has 0 fully saturated rings. The van der Waals surface area contributed by atoms with Crippen molar-refractivity contribution < 1.29 is 9.47 Å². The topological polar surface area (TPSA) is 48.7 Å². The summed E-state index contributed by atoms with van der Waals surface area (Å²) in [5, 5.41) is 16.4. The molecule has 0 aliphatic carbocycles. The molecular formula is C55H33N3O2. The van der Waals surface area contributed by atoms with Gasteiger partial charge in [-0.15, -0.1) is 0 Å². The van der Waals surface area contributed by atoms with Gasteiger partial charge in [0.1, 0.15) is 23.0 Å². The Morgan fingerprint density at radius 1 is 0.350 bits per heavy atom. The molecule has 5 nitrogen and oxygen atoms in total. The molecule has 0 radical (unpaired) electrons. The summed E-state index contributed by atoms with van der Waals surface area (Å²) in [5.41, 5.74) is 11.0. The lowest BCUT2D eigenvalue weighted by Gasteiger charge is -2.31. The highest BCUT2D eigenvalue weighted by atomic mass is 16.5. The molecule has 0 unspecified atom stereocenters. The van der Waals surface area contributed by atoms with Crippen LogP contribution in [-0.4, -0.2) is 0 Å². The SMILES string of the molecule is N#Cc1ccc(N(c2ccc3c(c2)Oc2ccc4c5c(ccc-3c25)Oc2cc(N(c3ccccc3)c3ccccc3)ccc2-4)c2cc3ccccc3c3ccccc23)cc1. The fraction of sp³-hybridized carbons (Fsp3) is 0. The first-order valence-corrected chi connectivity index (χ1v) is 20.1. The predicted octanol–water partition coefficient (Wildman–Crippen LogP) is 15.5. The number of benzene rings is 10. The fourth-order valence-electron chi connectivity index (χ4n) is 9.14. The number of ether oxygens (including phenoxy) is 2. The molecular weight excluding hydrogens is 735 g/mol. The molecule has 0 amide bonds. The van der Waals surface area contributed by atoms with Crippen LogP contribution in [0.15, 0.2) is 200 Å². The van der Waals surface area contributed by atoms with Crippen molar-refractivity contribution in [2.24, 2.45) is 0 Å². The Morgan fingerprint density at radius 3 is 1.40 bits per heavy atom. The number of hydrogen-bond donors (Lipinski definition) is 0. The van der Waals surface area contributed by atoms with Gasteiger partial charge in [0.2, 0.25) is 0 Å². The fourth-order valence-corrected chi connectivity index (χ4v) is 9.14. The maximum Gasteiger partial charge on any atom is 0.137 e. The van der Waals surface area contributed by atoms with Crippen molar-refractivity contribution in [2.75, 3.05) is 9.80 Å². The smallest absolute Gasteiger partial charge is 0.137 e. The van der Waals surface area contributed by atoms with E-state index in [4.69, 9.17) is 9.47 Å². The van der Waals surface area contributed by atoms with Crippen LogP contribution in [0.25, 0.3) is 54.6 Å². The van der Waals surface area contributed by atoms with Crippen molar-refractivity contribution in [3.63, 3.8) is 0 Å². The largest absolute Gasteiger partial charge is 0.456 e. The second kappa shape index (κ2) is 13.4. The summed E-state index contributed by atoms with van der Waals surface area (Å²) in [7, 11) is 0. The first-order chi connectivity index (χ1) is 29.7. The van der Waals surface area contributed by atoms with Gasteiger partial charge in [-0.2, -0.15) is 5.26 Å². The van der Waals surface area contributed by atoms with E-state index < -0.39 is 0 Å². The number of nitriles is 1. The van der Waals surface area contributed by atoms with E-state index in [-0.39, 0.29) is 0 Å². The quantitative estimate of drug-likeness (QED) is 0.158. The third-order valence-corrected chi connectivity index (χ3v) is 11.8. The molecule has 0 atom stereocenters. The predicted molar refractivity (Wildman–Crippen MR) is 244 cm³/mol. The normalized spacial score (nSPS) is 11.9. The van der Waals surface area contributed by atoms with Crippen molar-refractivity contribution in [3.8, 4) is 51.3 Å². The lowest BCUT2D eigenvalue weighted by Crippen LogP contribution is -2.11. The van der Waals surface area contributed by atoms with Crippen LogP contribution >= 0.6 is 0 Å². The second-order valence-corrected chi connectivity index (χ2v) is 15.2. The molecule has 12 rings (SSSR count). The highest BCUT2D eigenvalue weighted by molar-refractivity contribution is 6.16. The number of anilines is 6. The van der Waals surface area contributed by atoms with Crippen LogP contribution in [0.2, 0.25) is 0 Å². The molecule has 10 aromatic carbocycles. The van der Waals surface area contributed by atoms with E-state index in [1.807, 2.05) is 36.4 Å². The minimum atomic E-state index is 0.612. The molecule has 2 heterocycles. The van der Waals surface area contributed by atoms with Crippen LogP contribution in [0.1, 0.15) is 5.56 Å². The van der Waals surface area contributed by atoms with E-state index in [1.54, 1.807) is 0 Å². The number of nitrogens with zero attached hydrogens (tertiary/aromatic N) is 3. The second-order valence-electron chi connectivity index (χ2n) is 15.2. The van der Waals surface area contributed by atoms with Crippen LogP contribution in [0.5, 0.6) is 23.0 Å². The zero-order valence-corrected chi connectivity index (χ0v) is 32.2. The van der Waals surface area contributed by atoms with Gasteiger partial charge in [0, 0.05) is 67.9 Å². The Bertz CT molecular complexity index is 3350. The lowest BCUT2D eigenvalue weighted by molar-refractivity contribution is 0.480. The lowest BCUT2D eigenvalue weighted by atomic mass is 9.88. The van der Waals surface area contributed by atoms with E-state index in [9.17, 15) is 5.26 Å². The highest BCUT2D eigenvalue weighted by Crippen LogP contribution is 2.56. The van der Waals surface area contributed by atoms with Gasteiger partial charge in [0.25, 0.3) is 0 Å². The van der Waals surface area contributed by atoms with Crippen molar-refractivity contribution in [1.82, 2.24) is 0 Å². The summed E-state index contributed by atoms with van der Waals surface area (Å²) in [4.78, 5) is 4.52. The molecule has 280 valence electrons. The summed E-state index contributed by atoms with van der Waals surface area (Å²) < 4.78 is 13.7. The molecule has 60 heavy (non-hydrogen) atoms. The van der Waals surface area contributed by atoms with Crippen LogP contribution in [-0.2, 0) is 0 Å². The molecule has 0 spiro atoms. The number of para-hydroxylation sites is 2. The third kappa shape index (κ3) is 5.25. The Balaban J connectivity index is 0.979. The molecule has 10 aromatic rings. The van der Waals surface area contributed by atoms with Gasteiger partial charge < -0.3 is 19.3 Å². The van der Waals surface area contributed by atoms with Gasteiger partial charge in [0.15, 0.2) is 0 Å². The van der Waals surface area contributed by atoms with Crippen molar-refractivity contribution in [2.45, 2.75) is 0 Å². The summed E-state index contributed by atoms with van der Waals surface area (Å²) in [6.07, 6.45) is 0. The van der Waals surface area contributed by atoms with E-state index in [1.165, 1.54) is 10.8 Å². The Hall–Kier alpha value is -8.33. The summed E-state index contributed by atoms with van der Waals surface area (Å²) in [6.45, 7) is 0. The van der Waals surface area contributed by atoms with Crippen LogP contribution < -0.4 is 19.3 Å². The zero-order chi connectivity index (χ0) is 39.7. The van der Waals surface area contributed by atoms with Gasteiger partial charge in [-0.3, -0.25) is 0 Å². The Morgan fingerprint density at radius 2 is 0.817 bits per heavy atom. The van der Waals surface area contributed by atoms with Crippen LogP contribution in [0.4, 0.5) is 34.1 Å². The molecule has 2 aliphatic rings. The molecule has 2 aliphatic heterocycles. The average molecular weight is 768 g/mol. The van der Waals surface area contributed by atoms with E-state index in [0.29, 0.717) is 5.56 Å². The number of rotatable bonds is 6. The van der Waals surface area contributed by atoms with Gasteiger partial charge in [-0.1, -0.05) is 84.9 Å². The van der Waals surface area contributed by atoms with Crippen LogP contribution in [0, 0.1) is 11.3 Å². The molecule has 5 heteroatoms. The number of fused-ring (bicyclic) bond motifs is 7. The minimum absolute atomic E-state index is 0.612. The molecule has 0 aromatic heterocycles. The van der Waals surface area contributed by atoms with Gasteiger partial charge in [-0.25, -0.2) is 0 Å². The summed E-state index contributed by atoms with van der Waals surface area (Å²) in [5.74, 6) is 3.18. The average Bonchev–Trinajstić information content (AvgIpc) is 3.31. The minimum Gasteiger partial charge on any atom is -0.456 e. The Kier molecular flexibility index (Phi) is 7.53. The molecule has 0 saturated carbocycles. The van der Waals surface area contributed by atoms with E-state index >= 15 is 0 Å². The van der Waals surface area contributed by atoms with Gasteiger partial charge in [0.05, 0.1) is 17.3 Å². The standard InChI is InChI=1S/C55H33N3O2/c56-34-35-19-21-39(22-20-35)58(49-31-36-11-7-8-16-42(36)43-17-9-10-18-44(43)49)41-24-26-46-48-28-29-50-54-47(27-30-51(55(48)54)60-53(46)33-41)45-25-23-40(32-52(45)59-50)57(37-12-3-1-4-13-37)38-14-5-2-6-15-38/h1-33H. The molecule has 0 bridgehead atoms. The van der Waals surface area contributed by atoms with Gasteiger partial charge >= 0.3 is 0 Å². The Labute approximate surface area is 346 Å². The summed E-state index contributed by atoms with van der Waals surface area (Å²) >= 11 is 0. The zero-order valence-electron chi connectivity index (χ0n) is 32.2. The maximum absolute atomic E-state index is 9.66. The first-order valence-electron chi connectivity index (χ1n) is 20.1.